The highest BCUT2D eigenvalue weighted by atomic mass is 35.5. The summed E-state index contributed by atoms with van der Waals surface area (Å²) in [6, 6.07) is 8.66. The fraction of sp³-hybridized carbons (Fsp3) is 0.611. The Balaban J connectivity index is 0.00000144. The van der Waals surface area contributed by atoms with Gasteiger partial charge in [-0.25, -0.2) is 0 Å². The summed E-state index contributed by atoms with van der Waals surface area (Å²) in [4.78, 5) is 12.7. The van der Waals surface area contributed by atoms with Crippen molar-refractivity contribution in [2.24, 2.45) is 11.7 Å². The van der Waals surface area contributed by atoms with Gasteiger partial charge in [-0.15, -0.1) is 12.4 Å². The topological polar surface area (TPSA) is 55.1 Å². The van der Waals surface area contributed by atoms with Gasteiger partial charge in [0.2, 0.25) is 5.91 Å². The highest BCUT2D eigenvalue weighted by molar-refractivity contribution is 5.86. The number of carbonyl (C=O) groups excluding carboxylic acids is 1. The summed E-state index contributed by atoms with van der Waals surface area (Å²) in [5.41, 5.74) is 8.86. The van der Waals surface area contributed by atoms with Crippen LogP contribution < -0.4 is 11.1 Å². The van der Waals surface area contributed by atoms with Gasteiger partial charge < -0.3 is 11.1 Å². The lowest BCUT2D eigenvalue weighted by Gasteiger charge is -2.29. The van der Waals surface area contributed by atoms with Gasteiger partial charge in [-0.05, 0) is 43.2 Å². The third-order valence-corrected chi connectivity index (χ3v) is 6.13. The van der Waals surface area contributed by atoms with Crippen LogP contribution in [0.2, 0.25) is 0 Å². The van der Waals surface area contributed by atoms with E-state index in [0.29, 0.717) is 6.54 Å². The first-order valence-electron chi connectivity index (χ1n) is 8.30. The minimum atomic E-state index is -0.112. The maximum atomic E-state index is 12.7. The molecule has 120 valence electrons. The third kappa shape index (κ3) is 2.26. The third-order valence-electron chi connectivity index (χ3n) is 6.13. The van der Waals surface area contributed by atoms with E-state index in [0.717, 1.165) is 32.1 Å². The second-order valence-corrected chi connectivity index (χ2v) is 7.25. The smallest absolute Gasteiger partial charge is 0.224 e. The van der Waals surface area contributed by atoms with Crippen molar-refractivity contribution in [3.8, 4) is 0 Å². The van der Waals surface area contributed by atoms with Gasteiger partial charge in [0.1, 0.15) is 0 Å². The Morgan fingerprint density at radius 3 is 2.68 bits per heavy atom. The van der Waals surface area contributed by atoms with E-state index in [4.69, 9.17) is 5.73 Å². The largest absolute Gasteiger partial charge is 0.349 e. The Labute approximate surface area is 138 Å². The van der Waals surface area contributed by atoms with Crippen molar-refractivity contribution < 1.29 is 4.79 Å². The van der Waals surface area contributed by atoms with E-state index in [1.165, 1.54) is 24.0 Å². The average Bonchev–Trinajstić information content (AvgIpc) is 2.87. The molecule has 22 heavy (non-hydrogen) atoms. The van der Waals surface area contributed by atoms with Crippen molar-refractivity contribution in [1.29, 1.82) is 0 Å². The summed E-state index contributed by atoms with van der Waals surface area (Å²) in [6.07, 6.45) is 7.77. The summed E-state index contributed by atoms with van der Waals surface area (Å²) in [5, 5.41) is 3.32. The number of hydrogen-bond donors (Lipinski definition) is 2. The number of fused-ring (bicyclic) bond motifs is 2. The first kappa shape index (κ1) is 15.8. The molecule has 2 saturated carbocycles. The number of aryl methyl sites for hydroxylation is 1. The van der Waals surface area contributed by atoms with Crippen molar-refractivity contribution in [1.82, 2.24) is 5.32 Å². The molecular formula is C18H25ClN2O. The van der Waals surface area contributed by atoms with E-state index < -0.39 is 0 Å². The standard InChI is InChI=1S/C18H24N2O.ClH/c19-12-17(8-3-4-9-17)20-16(21)15-11-18(15)10-7-13-5-1-2-6-14(13)18;/h1-2,5-6,15H,3-4,7-12,19H2,(H,20,21);1H. The molecule has 0 saturated heterocycles. The van der Waals surface area contributed by atoms with Crippen LogP contribution in [-0.2, 0) is 16.6 Å². The van der Waals surface area contributed by atoms with Gasteiger partial charge >= 0.3 is 0 Å². The van der Waals surface area contributed by atoms with E-state index >= 15 is 0 Å². The van der Waals surface area contributed by atoms with Crippen LogP contribution in [0.4, 0.5) is 0 Å². The van der Waals surface area contributed by atoms with Crippen LogP contribution in [-0.4, -0.2) is 18.0 Å². The molecule has 3 aliphatic carbocycles. The minimum Gasteiger partial charge on any atom is -0.349 e. The van der Waals surface area contributed by atoms with Gasteiger partial charge in [-0.2, -0.15) is 0 Å². The maximum absolute atomic E-state index is 12.7. The summed E-state index contributed by atoms with van der Waals surface area (Å²) < 4.78 is 0. The van der Waals surface area contributed by atoms with Crippen molar-refractivity contribution in [2.45, 2.75) is 55.9 Å². The number of nitrogens with one attached hydrogen (secondary N) is 1. The molecule has 0 aromatic heterocycles. The van der Waals surface area contributed by atoms with Crippen LogP contribution in [0, 0.1) is 5.92 Å². The van der Waals surface area contributed by atoms with Gasteiger partial charge in [-0.3, -0.25) is 4.79 Å². The molecule has 1 amide bonds. The van der Waals surface area contributed by atoms with Crippen molar-refractivity contribution in [2.75, 3.05) is 6.54 Å². The molecule has 2 atom stereocenters. The van der Waals surface area contributed by atoms with Gasteiger partial charge in [0, 0.05) is 17.9 Å². The number of benzene rings is 1. The van der Waals surface area contributed by atoms with Crippen LogP contribution in [0.5, 0.6) is 0 Å². The predicted octanol–water partition coefficient (Wildman–Crippen LogP) is 2.70. The molecule has 4 heteroatoms. The Bertz CT molecular complexity index is 582. The zero-order valence-electron chi connectivity index (χ0n) is 12.9. The molecule has 3 nitrogen and oxygen atoms in total. The van der Waals surface area contributed by atoms with Crippen molar-refractivity contribution in [3.05, 3.63) is 35.4 Å². The monoisotopic (exact) mass is 320 g/mol. The molecule has 1 spiro atoms. The van der Waals surface area contributed by atoms with E-state index in [1.54, 1.807) is 0 Å². The fourth-order valence-electron chi connectivity index (χ4n) is 4.72. The van der Waals surface area contributed by atoms with Gasteiger partial charge in [0.25, 0.3) is 0 Å². The lowest BCUT2D eigenvalue weighted by molar-refractivity contribution is -0.124. The maximum Gasteiger partial charge on any atom is 0.224 e. The zero-order chi connectivity index (χ0) is 14.5. The molecule has 1 aromatic carbocycles. The van der Waals surface area contributed by atoms with Crippen molar-refractivity contribution in [3.63, 3.8) is 0 Å². The lowest BCUT2D eigenvalue weighted by atomic mass is 9.93. The van der Waals surface area contributed by atoms with E-state index in [-0.39, 0.29) is 35.2 Å². The molecule has 2 fully saturated rings. The number of hydrogen-bond acceptors (Lipinski definition) is 2. The quantitative estimate of drug-likeness (QED) is 0.899. The Hall–Kier alpha value is -1.06. The second kappa shape index (κ2) is 5.54. The number of rotatable bonds is 3. The van der Waals surface area contributed by atoms with Crippen LogP contribution in [0.1, 0.15) is 49.7 Å². The molecule has 4 rings (SSSR count). The Morgan fingerprint density at radius 1 is 1.23 bits per heavy atom. The molecule has 3 N–H and O–H groups in total. The molecule has 3 aliphatic rings. The second-order valence-electron chi connectivity index (χ2n) is 7.25. The summed E-state index contributed by atoms with van der Waals surface area (Å²) in [5.74, 6) is 0.421. The van der Waals surface area contributed by atoms with Gasteiger partial charge in [0.15, 0.2) is 0 Å². The van der Waals surface area contributed by atoms with Crippen LogP contribution in [0.25, 0.3) is 0 Å². The zero-order valence-corrected chi connectivity index (χ0v) is 13.8. The predicted molar refractivity (Wildman–Crippen MR) is 90.2 cm³/mol. The summed E-state index contributed by atoms with van der Waals surface area (Å²) in [7, 11) is 0. The number of nitrogens with two attached hydrogens (primary N) is 1. The molecule has 0 bridgehead atoms. The first-order chi connectivity index (χ1) is 10.2. The van der Waals surface area contributed by atoms with Crippen molar-refractivity contribution >= 4 is 18.3 Å². The Kier molecular flexibility index (Phi) is 3.98. The van der Waals surface area contributed by atoms with Crippen LogP contribution >= 0.6 is 12.4 Å². The molecular weight excluding hydrogens is 296 g/mol. The SMILES string of the molecule is Cl.NCC1(NC(=O)C2CC23CCc2ccccc23)CCCC1. The normalized spacial score (nSPS) is 30.7. The summed E-state index contributed by atoms with van der Waals surface area (Å²) >= 11 is 0. The van der Waals surface area contributed by atoms with Gasteiger partial charge in [-0.1, -0.05) is 37.1 Å². The molecule has 0 aliphatic heterocycles. The average molecular weight is 321 g/mol. The first-order valence-corrected chi connectivity index (χ1v) is 8.30. The molecule has 0 heterocycles. The Morgan fingerprint density at radius 2 is 1.95 bits per heavy atom. The number of amides is 1. The van der Waals surface area contributed by atoms with E-state index in [1.807, 2.05) is 0 Å². The highest BCUT2D eigenvalue weighted by Crippen LogP contribution is 2.61. The van der Waals surface area contributed by atoms with E-state index in [9.17, 15) is 4.79 Å². The summed E-state index contributed by atoms with van der Waals surface area (Å²) in [6.45, 7) is 0.578. The lowest BCUT2D eigenvalue weighted by Crippen LogP contribution is -2.52. The minimum absolute atomic E-state index is 0. The fourth-order valence-corrected chi connectivity index (χ4v) is 4.72. The van der Waals surface area contributed by atoms with Crippen LogP contribution in [0.3, 0.4) is 0 Å². The van der Waals surface area contributed by atoms with E-state index in [2.05, 4.69) is 29.6 Å². The molecule has 2 unspecified atom stereocenters. The molecule has 1 aromatic rings. The van der Waals surface area contributed by atoms with Crippen LogP contribution in [0.15, 0.2) is 24.3 Å². The van der Waals surface area contributed by atoms with Gasteiger partial charge in [0.05, 0.1) is 5.54 Å². The highest BCUT2D eigenvalue weighted by Gasteiger charge is 2.61. The number of halogens is 1. The molecule has 0 radical (unpaired) electrons. The number of carbonyl (C=O) groups is 1.